The molecule has 0 spiro atoms. The van der Waals surface area contributed by atoms with Crippen LogP contribution in [0.5, 0.6) is 17.2 Å². The first-order valence-corrected chi connectivity index (χ1v) is 9.13. The molecular weight excluding hydrogens is 354 g/mol. The fourth-order valence-electron chi connectivity index (χ4n) is 2.84. The van der Waals surface area contributed by atoms with E-state index in [4.69, 9.17) is 14.2 Å². The number of methoxy groups -OCH3 is 3. The van der Waals surface area contributed by atoms with Crippen LogP contribution in [0.1, 0.15) is 5.56 Å². The lowest BCUT2D eigenvalue weighted by Crippen LogP contribution is -2.46. The van der Waals surface area contributed by atoms with Crippen LogP contribution < -0.4 is 14.2 Å². The minimum absolute atomic E-state index is 0.222. The van der Waals surface area contributed by atoms with Crippen LogP contribution in [0.3, 0.4) is 0 Å². The third-order valence-corrected chi connectivity index (χ3v) is 5.45. The van der Waals surface area contributed by atoms with E-state index in [0.717, 1.165) is 36.9 Å². The number of likely N-dealkylation sites (N-methyl/N-ethyl adjacent to an activating group) is 1. The summed E-state index contributed by atoms with van der Waals surface area (Å²) < 4.78 is 16.1. The van der Waals surface area contributed by atoms with E-state index in [0.29, 0.717) is 22.2 Å². The number of aliphatic imine (C=N–C) groups is 1. The number of hydrogen-bond acceptors (Lipinski definition) is 7. The highest BCUT2D eigenvalue weighted by atomic mass is 32.2. The van der Waals surface area contributed by atoms with E-state index in [-0.39, 0.29) is 5.91 Å². The number of benzene rings is 1. The molecule has 0 bridgehead atoms. The van der Waals surface area contributed by atoms with E-state index in [9.17, 15) is 4.79 Å². The summed E-state index contributed by atoms with van der Waals surface area (Å²) in [6.45, 7) is 3.69. The zero-order valence-electron chi connectivity index (χ0n) is 15.4. The summed E-state index contributed by atoms with van der Waals surface area (Å²) in [4.78, 5) is 21.6. The highest BCUT2D eigenvalue weighted by Gasteiger charge is 2.28. The predicted molar refractivity (Wildman–Crippen MR) is 103 cm³/mol. The maximum Gasteiger partial charge on any atom is 0.286 e. The Kier molecular flexibility index (Phi) is 5.73. The van der Waals surface area contributed by atoms with Gasteiger partial charge in [0.2, 0.25) is 0 Å². The van der Waals surface area contributed by atoms with Crippen LogP contribution in [-0.4, -0.2) is 75.4 Å². The molecule has 8 heteroatoms. The van der Waals surface area contributed by atoms with Crippen LogP contribution >= 0.6 is 11.8 Å². The average molecular weight is 377 g/mol. The van der Waals surface area contributed by atoms with E-state index in [2.05, 4.69) is 21.8 Å². The summed E-state index contributed by atoms with van der Waals surface area (Å²) in [5.74, 6) is 1.54. The van der Waals surface area contributed by atoms with Crippen molar-refractivity contribution in [2.24, 2.45) is 4.99 Å². The van der Waals surface area contributed by atoms with E-state index in [1.165, 1.54) is 11.8 Å². The third-order valence-electron chi connectivity index (χ3n) is 4.41. The van der Waals surface area contributed by atoms with Gasteiger partial charge in [-0.2, -0.15) is 4.99 Å². The van der Waals surface area contributed by atoms with Crippen LogP contribution in [-0.2, 0) is 4.79 Å². The van der Waals surface area contributed by atoms with Crippen molar-refractivity contribution in [1.29, 1.82) is 0 Å². The number of thioether (sulfide) groups is 1. The van der Waals surface area contributed by atoms with E-state index >= 15 is 0 Å². The number of hydrogen-bond donors (Lipinski definition) is 0. The van der Waals surface area contributed by atoms with E-state index < -0.39 is 0 Å². The zero-order valence-corrected chi connectivity index (χ0v) is 16.3. The van der Waals surface area contributed by atoms with Crippen LogP contribution in [0.2, 0.25) is 0 Å². The molecule has 1 aromatic rings. The van der Waals surface area contributed by atoms with Crippen LogP contribution in [0.4, 0.5) is 0 Å². The summed E-state index contributed by atoms with van der Waals surface area (Å²) >= 11 is 1.41. The second-order valence-corrected chi connectivity index (χ2v) is 7.06. The Hall–Kier alpha value is -2.19. The number of piperazine rings is 1. The molecule has 0 unspecified atom stereocenters. The molecule has 3 rings (SSSR count). The minimum atomic E-state index is -0.222. The molecule has 0 atom stereocenters. The topological polar surface area (TPSA) is 63.6 Å². The number of rotatable bonds is 4. The Balaban J connectivity index is 1.84. The number of amides is 1. The van der Waals surface area contributed by atoms with Crippen molar-refractivity contribution in [3.63, 3.8) is 0 Å². The maximum atomic E-state index is 12.4. The summed E-state index contributed by atoms with van der Waals surface area (Å²) in [7, 11) is 6.83. The molecule has 2 heterocycles. The molecule has 2 aliphatic rings. The van der Waals surface area contributed by atoms with Gasteiger partial charge in [0.15, 0.2) is 16.7 Å². The number of nitrogens with zero attached hydrogens (tertiary/aromatic N) is 3. The first-order chi connectivity index (χ1) is 12.5. The fraction of sp³-hybridized carbons (Fsp3) is 0.444. The number of carbonyl (C=O) groups excluding carboxylic acids is 1. The molecule has 0 aromatic heterocycles. The molecule has 26 heavy (non-hydrogen) atoms. The lowest BCUT2D eigenvalue weighted by molar-refractivity contribution is -0.113. The summed E-state index contributed by atoms with van der Waals surface area (Å²) in [6, 6.07) is 3.55. The minimum Gasteiger partial charge on any atom is -0.496 e. The second-order valence-electron chi connectivity index (χ2n) is 6.05. The Morgan fingerprint density at radius 1 is 1.00 bits per heavy atom. The lowest BCUT2D eigenvalue weighted by atomic mass is 10.1. The first kappa shape index (κ1) is 18.6. The van der Waals surface area contributed by atoms with E-state index in [1.54, 1.807) is 39.5 Å². The Morgan fingerprint density at radius 2 is 1.62 bits per heavy atom. The third kappa shape index (κ3) is 3.81. The second kappa shape index (κ2) is 8.01. The maximum absolute atomic E-state index is 12.4. The monoisotopic (exact) mass is 377 g/mol. The standard InChI is InChI=1S/C18H23N3O4S/c1-20-5-7-21(8-6-20)18-19-17(22)16(26-18)10-12-9-14(24-3)15(25-4)11-13(12)23-2/h9-11H,5-8H2,1-4H3/b16-10-. The van der Waals surface area contributed by atoms with Gasteiger partial charge in [0.05, 0.1) is 26.2 Å². The molecule has 1 amide bonds. The van der Waals surface area contributed by atoms with Crippen molar-refractivity contribution in [2.45, 2.75) is 0 Å². The van der Waals surface area contributed by atoms with Crippen molar-refractivity contribution in [3.05, 3.63) is 22.6 Å². The van der Waals surface area contributed by atoms with Gasteiger partial charge in [0, 0.05) is 37.8 Å². The van der Waals surface area contributed by atoms with Gasteiger partial charge in [0.25, 0.3) is 5.91 Å². The molecule has 7 nitrogen and oxygen atoms in total. The molecule has 1 fully saturated rings. The van der Waals surface area contributed by atoms with Gasteiger partial charge in [0.1, 0.15) is 5.75 Å². The lowest BCUT2D eigenvalue weighted by Gasteiger charge is -2.32. The molecule has 0 N–H and O–H groups in total. The van der Waals surface area contributed by atoms with Gasteiger partial charge in [-0.15, -0.1) is 0 Å². The molecule has 1 aromatic carbocycles. The quantitative estimate of drug-likeness (QED) is 0.743. The van der Waals surface area contributed by atoms with Crippen molar-refractivity contribution < 1.29 is 19.0 Å². The number of carbonyl (C=O) groups is 1. The van der Waals surface area contributed by atoms with Gasteiger partial charge in [-0.25, -0.2) is 0 Å². The van der Waals surface area contributed by atoms with Crippen molar-refractivity contribution >= 4 is 28.9 Å². The van der Waals surface area contributed by atoms with E-state index in [1.807, 2.05) is 0 Å². The molecular formula is C18H23N3O4S. The Bertz CT molecular complexity index is 755. The molecule has 0 saturated carbocycles. The summed E-state index contributed by atoms with van der Waals surface area (Å²) in [5.41, 5.74) is 0.746. The van der Waals surface area contributed by atoms with Crippen molar-refractivity contribution in [2.75, 3.05) is 54.6 Å². The summed E-state index contributed by atoms with van der Waals surface area (Å²) in [5, 5.41) is 0.772. The normalized spacial score (nSPS) is 19.7. The van der Waals surface area contributed by atoms with Crippen LogP contribution in [0.25, 0.3) is 6.08 Å². The number of ether oxygens (including phenoxy) is 3. The van der Waals surface area contributed by atoms with Crippen LogP contribution in [0, 0.1) is 0 Å². The first-order valence-electron chi connectivity index (χ1n) is 8.31. The molecule has 0 aliphatic carbocycles. The van der Waals surface area contributed by atoms with Gasteiger partial charge in [-0.3, -0.25) is 4.79 Å². The van der Waals surface area contributed by atoms with Gasteiger partial charge >= 0.3 is 0 Å². The molecule has 1 saturated heterocycles. The summed E-state index contributed by atoms with van der Waals surface area (Å²) in [6.07, 6.45) is 1.79. The highest BCUT2D eigenvalue weighted by Crippen LogP contribution is 2.38. The predicted octanol–water partition coefficient (Wildman–Crippen LogP) is 1.93. The smallest absolute Gasteiger partial charge is 0.286 e. The fourth-order valence-corrected chi connectivity index (χ4v) is 3.79. The number of amidine groups is 1. The Labute approximate surface area is 157 Å². The van der Waals surface area contributed by atoms with Gasteiger partial charge in [-0.1, -0.05) is 0 Å². The molecule has 140 valence electrons. The van der Waals surface area contributed by atoms with Gasteiger partial charge < -0.3 is 24.0 Å². The Morgan fingerprint density at radius 3 is 2.23 bits per heavy atom. The van der Waals surface area contributed by atoms with Gasteiger partial charge in [-0.05, 0) is 31.0 Å². The molecule has 2 aliphatic heterocycles. The highest BCUT2D eigenvalue weighted by molar-refractivity contribution is 8.18. The SMILES string of the molecule is COc1cc(OC)c(OC)cc1/C=C1\SC(N2CCN(C)CC2)=NC1=O. The average Bonchev–Trinajstić information content (AvgIpc) is 3.02. The largest absolute Gasteiger partial charge is 0.496 e. The zero-order chi connectivity index (χ0) is 18.7. The van der Waals surface area contributed by atoms with Crippen LogP contribution in [0.15, 0.2) is 22.0 Å². The van der Waals surface area contributed by atoms with Crippen molar-refractivity contribution in [1.82, 2.24) is 9.80 Å². The molecule has 0 radical (unpaired) electrons. The van der Waals surface area contributed by atoms with Crippen molar-refractivity contribution in [3.8, 4) is 17.2 Å².